The van der Waals surface area contributed by atoms with Gasteiger partial charge in [0.2, 0.25) is 0 Å². The highest BCUT2D eigenvalue weighted by atomic mass is 16.3. The first kappa shape index (κ1) is 11.1. The molecule has 1 fully saturated rings. The first-order valence-corrected chi connectivity index (χ1v) is 7.16. The van der Waals surface area contributed by atoms with Gasteiger partial charge in [0, 0.05) is 0 Å². The summed E-state index contributed by atoms with van der Waals surface area (Å²) in [4.78, 5) is 0. The van der Waals surface area contributed by atoms with Crippen molar-refractivity contribution in [2.24, 2.45) is 5.92 Å². The van der Waals surface area contributed by atoms with Gasteiger partial charge in [0.15, 0.2) is 0 Å². The second kappa shape index (κ2) is 3.86. The molecular formula is C18H18O. The van der Waals surface area contributed by atoms with E-state index >= 15 is 0 Å². The smallest absolute Gasteiger partial charge is 0.116 e. The van der Waals surface area contributed by atoms with Gasteiger partial charge in [0.25, 0.3) is 0 Å². The van der Waals surface area contributed by atoms with Crippen LogP contribution in [0.2, 0.25) is 0 Å². The number of phenols is 1. The van der Waals surface area contributed by atoms with E-state index in [0.717, 1.165) is 11.8 Å². The van der Waals surface area contributed by atoms with Crippen LogP contribution < -0.4 is 0 Å². The minimum absolute atomic E-state index is 0.357. The Bertz CT molecular complexity index is 683. The molecule has 1 saturated carbocycles. The monoisotopic (exact) mass is 250 g/mol. The van der Waals surface area contributed by atoms with E-state index in [-0.39, 0.29) is 0 Å². The summed E-state index contributed by atoms with van der Waals surface area (Å²) in [5.41, 5.74) is 4.50. The zero-order valence-corrected chi connectivity index (χ0v) is 11.0. The molecule has 2 aliphatic carbocycles. The van der Waals surface area contributed by atoms with Gasteiger partial charge in [-0.1, -0.05) is 30.4 Å². The molecule has 0 radical (unpaired) electrons. The van der Waals surface area contributed by atoms with Crippen LogP contribution >= 0.6 is 0 Å². The molecule has 0 amide bonds. The zero-order chi connectivity index (χ0) is 13.0. The summed E-state index contributed by atoms with van der Waals surface area (Å²) in [6.45, 7) is 4.25. The minimum atomic E-state index is 0.357. The Kier molecular flexibility index (Phi) is 2.26. The van der Waals surface area contributed by atoms with Crippen molar-refractivity contribution in [3.05, 3.63) is 53.6 Å². The molecule has 4 rings (SSSR count). The van der Waals surface area contributed by atoms with Crippen molar-refractivity contribution in [1.29, 1.82) is 0 Å². The number of benzene rings is 2. The minimum Gasteiger partial charge on any atom is -0.508 e. The van der Waals surface area contributed by atoms with Gasteiger partial charge in [-0.15, -0.1) is 0 Å². The molecule has 2 atom stereocenters. The molecular weight excluding hydrogens is 232 g/mol. The lowest BCUT2D eigenvalue weighted by molar-refractivity contribution is 0.471. The van der Waals surface area contributed by atoms with Crippen molar-refractivity contribution >= 4 is 10.8 Å². The van der Waals surface area contributed by atoms with Crippen molar-refractivity contribution < 1.29 is 5.11 Å². The fourth-order valence-corrected chi connectivity index (χ4v) is 4.11. The van der Waals surface area contributed by atoms with E-state index in [9.17, 15) is 5.11 Å². The van der Waals surface area contributed by atoms with Gasteiger partial charge in [0.05, 0.1) is 0 Å². The van der Waals surface area contributed by atoms with Crippen LogP contribution in [0.1, 0.15) is 36.3 Å². The maximum atomic E-state index is 9.61. The fraction of sp³-hybridized carbons (Fsp3) is 0.333. The molecule has 96 valence electrons. The molecule has 0 aliphatic heterocycles. The molecule has 0 saturated heterocycles. The number of allylic oxidation sites excluding steroid dienone is 1. The van der Waals surface area contributed by atoms with Gasteiger partial charge in [-0.05, 0) is 71.6 Å². The van der Waals surface area contributed by atoms with Crippen molar-refractivity contribution in [2.75, 3.05) is 0 Å². The van der Waals surface area contributed by atoms with Crippen molar-refractivity contribution in [3.8, 4) is 5.75 Å². The van der Waals surface area contributed by atoms with E-state index in [1.54, 1.807) is 0 Å². The Morgan fingerprint density at radius 3 is 2.74 bits per heavy atom. The van der Waals surface area contributed by atoms with Crippen LogP contribution in [0.15, 0.2) is 42.5 Å². The first-order chi connectivity index (χ1) is 9.24. The van der Waals surface area contributed by atoms with Crippen LogP contribution in [-0.4, -0.2) is 5.11 Å². The van der Waals surface area contributed by atoms with Gasteiger partial charge in [-0.25, -0.2) is 0 Å². The number of fused-ring (bicyclic) bond motifs is 5. The molecule has 1 heteroatoms. The number of rotatable bonds is 0. The fourth-order valence-electron chi connectivity index (χ4n) is 4.11. The molecule has 1 nitrogen and oxygen atoms in total. The summed E-state index contributed by atoms with van der Waals surface area (Å²) in [5, 5.41) is 12.1. The maximum Gasteiger partial charge on any atom is 0.116 e. The van der Waals surface area contributed by atoms with Gasteiger partial charge in [-0.2, -0.15) is 0 Å². The molecule has 19 heavy (non-hydrogen) atoms. The molecule has 0 aromatic heterocycles. The van der Waals surface area contributed by atoms with Crippen molar-refractivity contribution in [2.45, 2.75) is 31.6 Å². The third-order valence-electron chi connectivity index (χ3n) is 5.04. The number of aromatic hydroxyl groups is 1. The number of hydrogen-bond donors (Lipinski definition) is 1. The summed E-state index contributed by atoms with van der Waals surface area (Å²) < 4.78 is 0. The molecule has 1 N–H and O–H groups in total. The normalized spacial score (nSPS) is 25.4. The van der Waals surface area contributed by atoms with E-state index in [1.165, 1.54) is 41.3 Å². The van der Waals surface area contributed by atoms with Crippen molar-refractivity contribution in [1.82, 2.24) is 0 Å². The average molecular weight is 250 g/mol. The van der Waals surface area contributed by atoms with E-state index in [0.29, 0.717) is 17.6 Å². The molecule has 0 heterocycles. The third-order valence-corrected chi connectivity index (χ3v) is 5.04. The summed E-state index contributed by atoms with van der Waals surface area (Å²) in [6, 6.07) is 10.2. The molecule has 0 spiro atoms. The van der Waals surface area contributed by atoms with Crippen LogP contribution in [0.4, 0.5) is 0 Å². The third kappa shape index (κ3) is 1.54. The van der Waals surface area contributed by atoms with Crippen LogP contribution in [-0.2, 0) is 6.42 Å². The lowest BCUT2D eigenvalue weighted by Crippen LogP contribution is -2.16. The Morgan fingerprint density at radius 2 is 1.84 bits per heavy atom. The Labute approximate surface area is 113 Å². The molecule has 2 unspecified atom stereocenters. The van der Waals surface area contributed by atoms with Gasteiger partial charge >= 0.3 is 0 Å². The SMILES string of the molecule is C=C1CCC2c3ccc4cc(O)ccc4c3CCC12. The summed E-state index contributed by atoms with van der Waals surface area (Å²) in [6.07, 6.45) is 4.86. The summed E-state index contributed by atoms with van der Waals surface area (Å²) in [5.74, 6) is 1.76. The summed E-state index contributed by atoms with van der Waals surface area (Å²) >= 11 is 0. The van der Waals surface area contributed by atoms with Crippen LogP contribution in [0.25, 0.3) is 10.8 Å². The average Bonchev–Trinajstić information content (AvgIpc) is 2.80. The highest BCUT2D eigenvalue weighted by Gasteiger charge is 2.35. The van der Waals surface area contributed by atoms with E-state index < -0.39 is 0 Å². The quantitative estimate of drug-likeness (QED) is 0.680. The highest BCUT2D eigenvalue weighted by Crippen LogP contribution is 2.50. The number of aryl methyl sites for hydroxylation is 1. The van der Waals surface area contributed by atoms with Crippen molar-refractivity contribution in [3.63, 3.8) is 0 Å². The highest BCUT2D eigenvalue weighted by molar-refractivity contribution is 5.88. The lowest BCUT2D eigenvalue weighted by Gasteiger charge is -2.30. The molecule has 0 bridgehead atoms. The predicted molar refractivity (Wildman–Crippen MR) is 78.5 cm³/mol. The Hall–Kier alpha value is -1.76. The number of hydrogen-bond acceptors (Lipinski definition) is 1. The van der Waals surface area contributed by atoms with Gasteiger partial charge in [-0.3, -0.25) is 0 Å². The van der Waals surface area contributed by atoms with E-state index in [4.69, 9.17) is 0 Å². The standard InChI is InChI=1S/C18H18O/c1-11-2-5-16-14(11)8-9-17-15-7-4-13(19)10-12(15)3-6-18(16)17/h3-4,6-7,10,14,16,19H,1-2,5,8-9H2. The van der Waals surface area contributed by atoms with Crippen LogP contribution in [0.5, 0.6) is 5.75 Å². The second-order valence-electron chi connectivity index (χ2n) is 5.99. The Balaban J connectivity index is 1.93. The first-order valence-electron chi connectivity index (χ1n) is 7.16. The Morgan fingerprint density at radius 1 is 1.00 bits per heavy atom. The molecule has 2 aromatic carbocycles. The largest absolute Gasteiger partial charge is 0.508 e. The topological polar surface area (TPSA) is 20.2 Å². The van der Waals surface area contributed by atoms with Crippen LogP contribution in [0.3, 0.4) is 0 Å². The molecule has 2 aliphatic rings. The van der Waals surface area contributed by atoms with E-state index in [2.05, 4.69) is 24.8 Å². The van der Waals surface area contributed by atoms with Gasteiger partial charge in [0.1, 0.15) is 5.75 Å². The lowest BCUT2D eigenvalue weighted by atomic mass is 9.75. The number of phenolic OH excluding ortho intramolecular Hbond substituents is 1. The maximum absolute atomic E-state index is 9.61. The zero-order valence-electron chi connectivity index (χ0n) is 11.0. The van der Waals surface area contributed by atoms with Gasteiger partial charge < -0.3 is 5.11 Å². The van der Waals surface area contributed by atoms with E-state index in [1.807, 2.05) is 12.1 Å². The van der Waals surface area contributed by atoms with Crippen LogP contribution in [0, 0.1) is 5.92 Å². The summed E-state index contributed by atoms with van der Waals surface area (Å²) in [7, 11) is 0. The second-order valence-corrected chi connectivity index (χ2v) is 5.99. The predicted octanol–water partition coefficient (Wildman–Crippen LogP) is 4.54. The molecule has 2 aromatic rings.